The van der Waals surface area contributed by atoms with Gasteiger partial charge in [-0.25, -0.2) is 4.57 Å². The van der Waals surface area contributed by atoms with E-state index in [4.69, 9.17) is 19.2 Å². The largest absolute Gasteiger partial charge is 2.00 e. The summed E-state index contributed by atoms with van der Waals surface area (Å²) in [6.45, 7) is 0. The molecule has 0 atom stereocenters. The van der Waals surface area contributed by atoms with E-state index < -0.39 is 7.82 Å². The van der Waals surface area contributed by atoms with Gasteiger partial charge in [0.2, 0.25) is 0 Å². The van der Waals surface area contributed by atoms with Crippen molar-refractivity contribution >= 4 is 45.6 Å². The number of phosphoric acid groups is 1. The van der Waals surface area contributed by atoms with Crippen LogP contribution in [0.1, 0.15) is 4.28 Å². The topological polar surface area (TPSA) is 77.8 Å². The van der Waals surface area contributed by atoms with Crippen LogP contribution in [0.2, 0.25) is 0 Å². The minimum absolute atomic E-state index is 0. The van der Waals surface area contributed by atoms with E-state index in [1.54, 1.807) is 0 Å². The Balaban J connectivity index is -0.00000000533. The third kappa shape index (κ3) is 76.9. The maximum absolute atomic E-state index is 8.88. The summed E-state index contributed by atoms with van der Waals surface area (Å²) in [4.78, 5) is 21.6. The second-order valence-electron chi connectivity index (χ2n) is 0.513. The van der Waals surface area contributed by atoms with Crippen LogP contribution in [0.4, 0.5) is 0 Å². The molecular weight excluding hydrogens is 197 g/mol. The molecule has 0 aliphatic rings. The Morgan fingerprint density at radius 1 is 1.25 bits per heavy atom. The third-order valence-electron chi connectivity index (χ3n) is 0. The van der Waals surface area contributed by atoms with Gasteiger partial charge in [-0.1, -0.05) is 0 Å². The second kappa shape index (κ2) is 9.49. The van der Waals surface area contributed by atoms with E-state index in [1.807, 2.05) is 0 Å². The molecule has 0 aliphatic heterocycles. The quantitative estimate of drug-likeness (QED) is 0.277. The van der Waals surface area contributed by atoms with Gasteiger partial charge in [0.1, 0.15) is 0 Å². The predicted octanol–water partition coefficient (Wildman–Crippen LogP) is -3.97. The molecule has 1 radical (unpaired) electrons. The molecule has 0 amide bonds. The summed E-state index contributed by atoms with van der Waals surface area (Å²) in [5.41, 5.74) is 0. The SMILES string of the molecule is O=P(O)(O)O.[Ca+2].[H-].[H-].[H-].[Li+].[Mn]. The monoisotopic (exact) mass is 203 g/mol. The van der Waals surface area contributed by atoms with Crippen molar-refractivity contribution in [2.75, 3.05) is 0 Å². The molecule has 0 rings (SSSR count). The minimum atomic E-state index is -4.64. The Morgan fingerprint density at radius 3 is 1.25 bits per heavy atom. The molecule has 0 saturated carbocycles. The van der Waals surface area contributed by atoms with Crippen LogP contribution in [0.25, 0.3) is 0 Å². The molecule has 0 aliphatic carbocycles. The summed E-state index contributed by atoms with van der Waals surface area (Å²) in [5, 5.41) is 0. The van der Waals surface area contributed by atoms with E-state index in [0.717, 1.165) is 0 Å². The van der Waals surface area contributed by atoms with Gasteiger partial charge < -0.3 is 19.0 Å². The fourth-order valence-corrected chi connectivity index (χ4v) is 0. The minimum Gasteiger partial charge on any atom is -1.00 e. The summed E-state index contributed by atoms with van der Waals surface area (Å²) in [5.74, 6) is 0. The second-order valence-corrected chi connectivity index (χ2v) is 1.54. The van der Waals surface area contributed by atoms with Crippen molar-refractivity contribution in [3.8, 4) is 0 Å². The van der Waals surface area contributed by atoms with E-state index in [2.05, 4.69) is 0 Å². The standard InChI is InChI=1S/Ca.Li.Mn.H3O4P.3H/c;;;1-5(2,3)4;;;/h;;;(H3,1,2,3,4);;;/q+2;+1;;;3*-1. The summed E-state index contributed by atoms with van der Waals surface area (Å²) in [6.07, 6.45) is 0. The fourth-order valence-electron chi connectivity index (χ4n) is 0. The molecule has 0 aromatic rings. The Bertz CT molecular complexity index is 71.5. The van der Waals surface area contributed by atoms with Crippen molar-refractivity contribution in [1.29, 1.82) is 0 Å². The first-order valence-electron chi connectivity index (χ1n) is 0.783. The molecule has 8 heteroatoms. The van der Waals surface area contributed by atoms with Crippen molar-refractivity contribution in [3.05, 3.63) is 0 Å². The Hall–Kier alpha value is 2.49. The van der Waals surface area contributed by atoms with Crippen LogP contribution >= 0.6 is 7.82 Å². The van der Waals surface area contributed by atoms with Crippen molar-refractivity contribution < 1.29 is 59.5 Å². The van der Waals surface area contributed by atoms with E-state index in [1.165, 1.54) is 0 Å². The van der Waals surface area contributed by atoms with Gasteiger partial charge in [0.15, 0.2) is 0 Å². The molecule has 8 heavy (non-hydrogen) atoms. The average Bonchev–Trinajstić information content (AvgIpc) is 0.722. The molecule has 0 heterocycles. The van der Waals surface area contributed by atoms with Gasteiger partial charge >= 0.3 is 64.4 Å². The van der Waals surface area contributed by atoms with Crippen LogP contribution in [0.15, 0.2) is 0 Å². The number of rotatable bonds is 0. The van der Waals surface area contributed by atoms with Crippen molar-refractivity contribution in [2.24, 2.45) is 0 Å². The molecule has 3 N–H and O–H groups in total. The first-order valence-corrected chi connectivity index (χ1v) is 2.35. The van der Waals surface area contributed by atoms with Crippen molar-refractivity contribution in [2.45, 2.75) is 0 Å². The molecule has 0 aromatic heterocycles. The summed E-state index contributed by atoms with van der Waals surface area (Å²) in [6, 6.07) is 0. The van der Waals surface area contributed by atoms with Crippen molar-refractivity contribution in [3.63, 3.8) is 0 Å². The van der Waals surface area contributed by atoms with E-state index >= 15 is 0 Å². The molecule has 0 unspecified atom stereocenters. The van der Waals surface area contributed by atoms with Gasteiger partial charge in [-0.2, -0.15) is 0 Å². The smallest absolute Gasteiger partial charge is 1.00 e. The Kier molecular flexibility index (Phi) is 26.6. The molecule has 0 spiro atoms. The molecule has 0 bridgehead atoms. The zero-order chi connectivity index (χ0) is 4.50. The van der Waals surface area contributed by atoms with Gasteiger partial charge in [0.05, 0.1) is 0 Å². The molecule has 45 valence electrons. The Morgan fingerprint density at radius 2 is 1.25 bits per heavy atom. The Labute approximate surface area is 104 Å². The molecule has 0 saturated heterocycles. The van der Waals surface area contributed by atoms with Crippen LogP contribution in [0, 0.1) is 0 Å². The zero-order valence-corrected chi connectivity index (χ0v) is 8.57. The van der Waals surface area contributed by atoms with Crippen LogP contribution < -0.4 is 18.9 Å². The van der Waals surface area contributed by atoms with Gasteiger partial charge in [-0.3, -0.25) is 0 Å². The van der Waals surface area contributed by atoms with Crippen LogP contribution in [0.3, 0.4) is 0 Å². The normalized spacial score (nSPS) is 7.38. The summed E-state index contributed by atoms with van der Waals surface area (Å²) < 4.78 is 8.88. The summed E-state index contributed by atoms with van der Waals surface area (Å²) in [7, 11) is -4.64. The van der Waals surface area contributed by atoms with Gasteiger partial charge in [0, 0.05) is 17.1 Å². The first-order chi connectivity index (χ1) is 2.00. The van der Waals surface area contributed by atoms with Crippen LogP contribution in [-0.4, -0.2) is 52.4 Å². The maximum Gasteiger partial charge on any atom is 2.00 e. The van der Waals surface area contributed by atoms with Gasteiger partial charge in [-0.15, -0.1) is 0 Å². The molecule has 0 fully saturated rings. The molecule has 4 nitrogen and oxygen atoms in total. The number of hydrogen-bond acceptors (Lipinski definition) is 1. The first kappa shape index (κ1) is 22.4. The van der Waals surface area contributed by atoms with Gasteiger partial charge in [0.25, 0.3) is 0 Å². The van der Waals surface area contributed by atoms with Crippen molar-refractivity contribution in [1.82, 2.24) is 0 Å². The average molecular weight is 203 g/mol. The van der Waals surface area contributed by atoms with Gasteiger partial charge in [-0.05, 0) is 0 Å². The third-order valence-corrected chi connectivity index (χ3v) is 0. The molecule has 0 aromatic carbocycles. The van der Waals surface area contributed by atoms with E-state index in [-0.39, 0.29) is 77.9 Å². The van der Waals surface area contributed by atoms with E-state index in [9.17, 15) is 0 Å². The zero-order valence-electron chi connectivity index (χ0n) is 7.28. The van der Waals surface area contributed by atoms with E-state index in [0.29, 0.717) is 0 Å². The van der Waals surface area contributed by atoms with Crippen LogP contribution in [0.5, 0.6) is 0 Å². The number of hydrogen-bond donors (Lipinski definition) is 3. The predicted molar refractivity (Wildman–Crippen MR) is 23.4 cm³/mol. The van der Waals surface area contributed by atoms with Crippen LogP contribution in [-0.2, 0) is 21.6 Å². The maximum atomic E-state index is 8.88. The molecular formula is H6CaLiMnO4P. The summed E-state index contributed by atoms with van der Waals surface area (Å²) >= 11 is 0. The fraction of sp³-hybridized carbons (Fsp3) is 0.